The van der Waals surface area contributed by atoms with E-state index in [1.165, 1.54) is 6.92 Å². The van der Waals surface area contributed by atoms with E-state index in [0.717, 1.165) is 22.1 Å². The maximum atomic E-state index is 12.3. The Balaban J connectivity index is 2.07. The van der Waals surface area contributed by atoms with Gasteiger partial charge in [-0.2, -0.15) is 0 Å². The summed E-state index contributed by atoms with van der Waals surface area (Å²) in [4.78, 5) is 35.2. The standard InChI is InChI=1S/C19H19NO6/c1-8-11(4)25-15-7-16-13(5-12(8)15)9(2)14(19(24)26-16)6-17(21)20-10(3)18(22)23/h5,7,10H,6H2,1-4H3,(H,20,21)(H,22,23)/t10-/m0/s1. The van der Waals surface area contributed by atoms with Crippen LogP contribution in [-0.4, -0.2) is 23.0 Å². The van der Waals surface area contributed by atoms with Crippen LogP contribution >= 0.6 is 0 Å². The van der Waals surface area contributed by atoms with Gasteiger partial charge in [0.2, 0.25) is 5.91 Å². The Morgan fingerprint density at radius 3 is 2.35 bits per heavy atom. The quantitative estimate of drug-likeness (QED) is 0.695. The number of carboxylic acid groups (broad SMARTS) is 1. The van der Waals surface area contributed by atoms with Crippen LogP contribution in [-0.2, 0) is 16.0 Å². The number of hydrogen-bond acceptors (Lipinski definition) is 5. The molecule has 7 nitrogen and oxygen atoms in total. The normalized spacial score (nSPS) is 12.5. The zero-order valence-corrected chi connectivity index (χ0v) is 14.9. The number of rotatable bonds is 4. The molecule has 0 bridgehead atoms. The Morgan fingerprint density at radius 2 is 1.69 bits per heavy atom. The van der Waals surface area contributed by atoms with Gasteiger partial charge in [-0.25, -0.2) is 4.79 Å². The van der Waals surface area contributed by atoms with E-state index in [1.54, 1.807) is 13.0 Å². The SMILES string of the molecule is Cc1oc2cc3oc(=O)c(CC(=O)N[C@@H](C)C(=O)O)c(C)c3cc2c1C. The van der Waals surface area contributed by atoms with Crippen LogP contribution in [0.2, 0.25) is 0 Å². The third-order valence-electron chi connectivity index (χ3n) is 4.67. The van der Waals surface area contributed by atoms with Crippen LogP contribution < -0.4 is 10.9 Å². The lowest BCUT2D eigenvalue weighted by molar-refractivity contribution is -0.141. The van der Waals surface area contributed by atoms with Crippen molar-refractivity contribution in [1.29, 1.82) is 0 Å². The van der Waals surface area contributed by atoms with E-state index in [2.05, 4.69) is 5.32 Å². The predicted octanol–water partition coefficient (Wildman–Crippen LogP) is 2.60. The van der Waals surface area contributed by atoms with Crippen molar-refractivity contribution in [2.75, 3.05) is 0 Å². The summed E-state index contributed by atoms with van der Waals surface area (Å²) in [5.74, 6) is -0.905. The van der Waals surface area contributed by atoms with E-state index in [4.69, 9.17) is 13.9 Å². The van der Waals surface area contributed by atoms with Crippen LogP contribution in [0.1, 0.15) is 29.4 Å². The molecule has 0 unspecified atom stereocenters. The van der Waals surface area contributed by atoms with E-state index in [9.17, 15) is 14.4 Å². The lowest BCUT2D eigenvalue weighted by atomic mass is 10.0. The average molecular weight is 357 g/mol. The third-order valence-corrected chi connectivity index (χ3v) is 4.67. The van der Waals surface area contributed by atoms with Gasteiger partial charge in [0.15, 0.2) is 0 Å². The Hall–Kier alpha value is -3.09. The molecule has 0 spiro atoms. The predicted molar refractivity (Wildman–Crippen MR) is 95.4 cm³/mol. The summed E-state index contributed by atoms with van der Waals surface area (Å²) >= 11 is 0. The molecule has 3 rings (SSSR count). The number of aryl methyl sites for hydroxylation is 3. The van der Waals surface area contributed by atoms with E-state index >= 15 is 0 Å². The molecule has 26 heavy (non-hydrogen) atoms. The highest BCUT2D eigenvalue weighted by Crippen LogP contribution is 2.30. The van der Waals surface area contributed by atoms with Crippen molar-refractivity contribution in [3.8, 4) is 0 Å². The molecule has 7 heteroatoms. The summed E-state index contributed by atoms with van der Waals surface area (Å²) in [5.41, 5.74) is 2.25. The minimum Gasteiger partial charge on any atom is -0.480 e. The molecule has 2 N–H and O–H groups in total. The highest BCUT2D eigenvalue weighted by Gasteiger charge is 2.19. The maximum absolute atomic E-state index is 12.3. The van der Waals surface area contributed by atoms with Crippen LogP contribution in [0.4, 0.5) is 0 Å². The highest BCUT2D eigenvalue weighted by atomic mass is 16.4. The summed E-state index contributed by atoms with van der Waals surface area (Å²) in [7, 11) is 0. The first-order valence-electron chi connectivity index (χ1n) is 8.17. The van der Waals surface area contributed by atoms with E-state index in [-0.39, 0.29) is 12.0 Å². The molecule has 1 aromatic carbocycles. The van der Waals surface area contributed by atoms with E-state index < -0.39 is 23.5 Å². The van der Waals surface area contributed by atoms with Crippen molar-refractivity contribution in [3.05, 3.63) is 45.0 Å². The first-order chi connectivity index (χ1) is 12.2. The van der Waals surface area contributed by atoms with Gasteiger partial charge in [-0.15, -0.1) is 0 Å². The number of carbonyl (C=O) groups excluding carboxylic acids is 1. The van der Waals surface area contributed by atoms with Gasteiger partial charge in [0, 0.05) is 16.8 Å². The second-order valence-corrected chi connectivity index (χ2v) is 6.43. The second-order valence-electron chi connectivity index (χ2n) is 6.43. The molecule has 0 radical (unpaired) electrons. The number of hydrogen-bond donors (Lipinski definition) is 2. The molecule has 0 saturated heterocycles. The van der Waals surface area contributed by atoms with E-state index in [1.807, 2.05) is 19.9 Å². The van der Waals surface area contributed by atoms with Gasteiger partial charge in [0.1, 0.15) is 23.0 Å². The van der Waals surface area contributed by atoms with Crippen molar-refractivity contribution in [3.63, 3.8) is 0 Å². The number of fused-ring (bicyclic) bond motifs is 2. The van der Waals surface area contributed by atoms with Crippen LogP contribution in [0.15, 0.2) is 25.8 Å². The number of carboxylic acids is 1. The highest BCUT2D eigenvalue weighted by molar-refractivity contribution is 5.97. The van der Waals surface area contributed by atoms with E-state index in [0.29, 0.717) is 16.7 Å². The van der Waals surface area contributed by atoms with Gasteiger partial charge >= 0.3 is 11.6 Å². The molecule has 0 saturated carbocycles. The number of carbonyl (C=O) groups is 2. The molecule has 2 heterocycles. The number of amides is 1. The van der Waals surface area contributed by atoms with Crippen molar-refractivity contribution < 1.29 is 23.5 Å². The number of furan rings is 1. The molecular formula is C19H19NO6. The fourth-order valence-electron chi connectivity index (χ4n) is 2.94. The van der Waals surface area contributed by atoms with Gasteiger partial charge in [0.05, 0.1) is 12.0 Å². The van der Waals surface area contributed by atoms with Gasteiger partial charge in [-0.3, -0.25) is 9.59 Å². The minimum atomic E-state index is -1.14. The van der Waals surface area contributed by atoms with Crippen molar-refractivity contribution in [2.24, 2.45) is 0 Å². The molecule has 0 aliphatic carbocycles. The van der Waals surface area contributed by atoms with Crippen LogP contribution in [0.5, 0.6) is 0 Å². The summed E-state index contributed by atoms with van der Waals surface area (Å²) in [6.45, 7) is 6.92. The largest absolute Gasteiger partial charge is 0.480 e. The molecule has 3 aromatic rings. The second kappa shape index (κ2) is 6.33. The van der Waals surface area contributed by atoms with Crippen LogP contribution in [0.25, 0.3) is 21.9 Å². The first kappa shape index (κ1) is 17.7. The lowest BCUT2D eigenvalue weighted by Crippen LogP contribution is -2.39. The molecular weight excluding hydrogens is 338 g/mol. The minimum absolute atomic E-state index is 0.213. The molecule has 136 valence electrons. The Bertz CT molecular complexity index is 1100. The third kappa shape index (κ3) is 2.96. The molecule has 2 aromatic heterocycles. The topological polar surface area (TPSA) is 110 Å². The summed E-state index contributed by atoms with van der Waals surface area (Å²) < 4.78 is 11.0. The Morgan fingerprint density at radius 1 is 1.08 bits per heavy atom. The van der Waals surface area contributed by atoms with Crippen molar-refractivity contribution >= 4 is 33.8 Å². The number of aliphatic carboxylic acids is 1. The molecule has 1 atom stereocenters. The van der Waals surface area contributed by atoms with Gasteiger partial charge < -0.3 is 19.3 Å². The summed E-state index contributed by atoms with van der Waals surface area (Å²) in [5, 5.41) is 12.8. The van der Waals surface area contributed by atoms with Crippen LogP contribution in [0, 0.1) is 20.8 Å². The first-order valence-corrected chi connectivity index (χ1v) is 8.17. The van der Waals surface area contributed by atoms with Crippen molar-refractivity contribution in [2.45, 2.75) is 40.2 Å². The zero-order valence-electron chi connectivity index (χ0n) is 14.9. The van der Waals surface area contributed by atoms with Gasteiger partial charge in [-0.1, -0.05) is 0 Å². The molecule has 0 fully saturated rings. The number of nitrogens with one attached hydrogen (secondary N) is 1. The zero-order chi connectivity index (χ0) is 19.2. The van der Waals surface area contributed by atoms with Gasteiger partial charge in [-0.05, 0) is 44.9 Å². The molecule has 0 aliphatic rings. The Labute approximate surface area is 148 Å². The monoisotopic (exact) mass is 357 g/mol. The average Bonchev–Trinajstić information content (AvgIpc) is 2.84. The molecule has 0 aliphatic heterocycles. The Kier molecular flexibility index (Phi) is 4.31. The van der Waals surface area contributed by atoms with Crippen molar-refractivity contribution in [1.82, 2.24) is 5.32 Å². The molecule has 1 amide bonds. The smallest absolute Gasteiger partial charge is 0.340 e. The van der Waals surface area contributed by atoms with Gasteiger partial charge in [0.25, 0.3) is 0 Å². The fraction of sp³-hybridized carbons (Fsp3) is 0.316. The summed E-state index contributed by atoms with van der Waals surface area (Å²) in [6, 6.07) is 2.53. The van der Waals surface area contributed by atoms with Crippen LogP contribution in [0.3, 0.4) is 0 Å². The maximum Gasteiger partial charge on any atom is 0.340 e. The number of benzene rings is 1. The fourth-order valence-corrected chi connectivity index (χ4v) is 2.94. The lowest BCUT2D eigenvalue weighted by Gasteiger charge is -2.11. The summed E-state index contributed by atoms with van der Waals surface area (Å²) in [6.07, 6.45) is -0.247.